The van der Waals surface area contributed by atoms with Crippen LogP contribution in [0.2, 0.25) is 0 Å². The van der Waals surface area contributed by atoms with Crippen LogP contribution in [0.25, 0.3) is 0 Å². The summed E-state index contributed by atoms with van der Waals surface area (Å²) in [6.07, 6.45) is 7.24. The van der Waals surface area contributed by atoms with Crippen LogP contribution in [0.1, 0.15) is 36.9 Å². The van der Waals surface area contributed by atoms with Crippen molar-refractivity contribution in [2.24, 2.45) is 11.8 Å². The van der Waals surface area contributed by atoms with E-state index in [1.165, 1.54) is 25.7 Å². The van der Waals surface area contributed by atoms with Crippen molar-refractivity contribution in [3.8, 4) is 11.5 Å². The summed E-state index contributed by atoms with van der Waals surface area (Å²) in [5.74, 6) is 3.07. The standard InChI is InChI=1S/C21H25NO3/c1-23-21-12-22-18(14-24-13-15-5-3-2-4-6-15)11-20(21)25-19-10-16-7-8-17(19)9-16/h2-6,11-12,16-17,19H,7-10,13-14H2,1H3. The second-order valence-corrected chi connectivity index (χ2v) is 7.14. The van der Waals surface area contributed by atoms with Gasteiger partial charge in [0.2, 0.25) is 0 Å². The lowest BCUT2D eigenvalue weighted by molar-refractivity contribution is 0.103. The van der Waals surface area contributed by atoms with E-state index in [4.69, 9.17) is 14.2 Å². The number of ether oxygens (including phenoxy) is 3. The molecular formula is C21H25NO3. The number of benzene rings is 1. The zero-order chi connectivity index (χ0) is 17.1. The van der Waals surface area contributed by atoms with Gasteiger partial charge >= 0.3 is 0 Å². The predicted octanol–water partition coefficient (Wildman–Crippen LogP) is 4.37. The molecule has 2 aliphatic carbocycles. The summed E-state index contributed by atoms with van der Waals surface area (Å²) in [5.41, 5.74) is 2.03. The Kier molecular flexibility index (Phi) is 4.88. The molecule has 0 radical (unpaired) electrons. The Balaban J connectivity index is 1.39. The second-order valence-electron chi connectivity index (χ2n) is 7.14. The van der Waals surface area contributed by atoms with Crippen LogP contribution < -0.4 is 9.47 Å². The quantitative estimate of drug-likeness (QED) is 0.751. The molecule has 1 aromatic carbocycles. The first-order chi connectivity index (χ1) is 12.3. The molecule has 0 amide bonds. The van der Waals surface area contributed by atoms with Crippen LogP contribution in [0.15, 0.2) is 42.6 Å². The van der Waals surface area contributed by atoms with E-state index in [0.717, 1.165) is 22.9 Å². The molecule has 4 rings (SSSR count). The highest BCUT2D eigenvalue weighted by molar-refractivity contribution is 5.39. The molecule has 0 N–H and O–H groups in total. The van der Waals surface area contributed by atoms with E-state index in [2.05, 4.69) is 17.1 Å². The van der Waals surface area contributed by atoms with Gasteiger partial charge in [-0.2, -0.15) is 0 Å². The fourth-order valence-corrected chi connectivity index (χ4v) is 4.13. The van der Waals surface area contributed by atoms with Crippen LogP contribution in [0.3, 0.4) is 0 Å². The SMILES string of the molecule is COc1cnc(COCc2ccccc2)cc1OC1CC2CCC1C2. The van der Waals surface area contributed by atoms with Gasteiger partial charge < -0.3 is 14.2 Å². The Morgan fingerprint density at radius 3 is 2.64 bits per heavy atom. The van der Waals surface area contributed by atoms with Gasteiger partial charge in [0.15, 0.2) is 11.5 Å². The van der Waals surface area contributed by atoms with Gasteiger partial charge in [0, 0.05) is 6.07 Å². The van der Waals surface area contributed by atoms with Crippen molar-refractivity contribution in [1.82, 2.24) is 4.98 Å². The third-order valence-electron chi connectivity index (χ3n) is 5.42. The fourth-order valence-electron chi connectivity index (χ4n) is 4.13. The highest BCUT2D eigenvalue weighted by atomic mass is 16.5. The lowest BCUT2D eigenvalue weighted by Gasteiger charge is -2.24. The van der Waals surface area contributed by atoms with Crippen LogP contribution in [0.4, 0.5) is 0 Å². The summed E-state index contributed by atoms with van der Waals surface area (Å²) < 4.78 is 17.5. The molecular weight excluding hydrogens is 314 g/mol. The molecule has 3 atom stereocenters. The van der Waals surface area contributed by atoms with Gasteiger partial charge in [-0.25, -0.2) is 0 Å². The second kappa shape index (κ2) is 7.44. The molecule has 2 bridgehead atoms. The first-order valence-electron chi connectivity index (χ1n) is 9.13. The summed E-state index contributed by atoms with van der Waals surface area (Å²) in [6, 6.07) is 12.1. The molecule has 25 heavy (non-hydrogen) atoms. The highest BCUT2D eigenvalue weighted by Gasteiger charge is 2.41. The number of fused-ring (bicyclic) bond motifs is 2. The molecule has 0 aliphatic heterocycles. The smallest absolute Gasteiger partial charge is 0.179 e. The average Bonchev–Trinajstić information content (AvgIpc) is 3.26. The molecule has 1 aromatic heterocycles. The molecule has 1 heterocycles. The Labute approximate surface area is 149 Å². The van der Waals surface area contributed by atoms with Crippen molar-refractivity contribution in [1.29, 1.82) is 0 Å². The number of aromatic nitrogens is 1. The summed E-state index contributed by atoms with van der Waals surface area (Å²) >= 11 is 0. The van der Waals surface area contributed by atoms with Gasteiger partial charge in [-0.3, -0.25) is 4.98 Å². The van der Waals surface area contributed by atoms with Gasteiger partial charge in [-0.1, -0.05) is 30.3 Å². The zero-order valence-corrected chi connectivity index (χ0v) is 14.7. The van der Waals surface area contributed by atoms with Crippen molar-refractivity contribution in [2.75, 3.05) is 7.11 Å². The normalized spacial score (nSPS) is 24.4. The molecule has 4 heteroatoms. The summed E-state index contributed by atoms with van der Waals surface area (Å²) in [4.78, 5) is 4.43. The van der Waals surface area contributed by atoms with Crippen molar-refractivity contribution >= 4 is 0 Å². The van der Waals surface area contributed by atoms with E-state index < -0.39 is 0 Å². The molecule has 0 saturated heterocycles. The van der Waals surface area contributed by atoms with Gasteiger partial charge in [-0.05, 0) is 43.1 Å². The van der Waals surface area contributed by atoms with Gasteiger partial charge in [0.1, 0.15) is 6.10 Å². The highest BCUT2D eigenvalue weighted by Crippen LogP contribution is 2.46. The number of hydrogen-bond acceptors (Lipinski definition) is 4. The van der Waals surface area contributed by atoms with Crippen molar-refractivity contribution in [2.45, 2.75) is 45.0 Å². The number of pyridine rings is 1. The number of nitrogens with zero attached hydrogens (tertiary/aromatic N) is 1. The number of hydrogen-bond donors (Lipinski definition) is 0. The minimum Gasteiger partial charge on any atom is -0.491 e. The first kappa shape index (κ1) is 16.4. The lowest BCUT2D eigenvalue weighted by Crippen LogP contribution is -2.23. The fraction of sp³-hybridized carbons (Fsp3) is 0.476. The van der Waals surface area contributed by atoms with Gasteiger partial charge in [0.05, 0.1) is 32.2 Å². The Bertz CT molecular complexity index is 704. The van der Waals surface area contributed by atoms with Crippen molar-refractivity contribution < 1.29 is 14.2 Å². The van der Waals surface area contributed by atoms with Crippen LogP contribution in [-0.4, -0.2) is 18.2 Å². The monoisotopic (exact) mass is 339 g/mol. The van der Waals surface area contributed by atoms with E-state index in [9.17, 15) is 0 Å². The van der Waals surface area contributed by atoms with Crippen LogP contribution in [0, 0.1) is 11.8 Å². The maximum absolute atomic E-state index is 6.32. The molecule has 2 fully saturated rings. The Hall–Kier alpha value is -2.07. The summed E-state index contributed by atoms with van der Waals surface area (Å²) in [7, 11) is 1.66. The summed E-state index contributed by atoms with van der Waals surface area (Å²) in [6.45, 7) is 1.04. The van der Waals surface area contributed by atoms with E-state index >= 15 is 0 Å². The number of rotatable bonds is 7. The van der Waals surface area contributed by atoms with Crippen LogP contribution in [0.5, 0.6) is 11.5 Å². The molecule has 2 saturated carbocycles. The van der Waals surface area contributed by atoms with E-state index in [0.29, 0.717) is 31.0 Å². The third-order valence-corrected chi connectivity index (χ3v) is 5.42. The summed E-state index contributed by atoms with van der Waals surface area (Å²) in [5, 5.41) is 0. The first-order valence-corrected chi connectivity index (χ1v) is 9.13. The van der Waals surface area contributed by atoms with Gasteiger partial charge in [0.25, 0.3) is 0 Å². The molecule has 3 unspecified atom stereocenters. The Morgan fingerprint density at radius 1 is 1.04 bits per heavy atom. The van der Waals surface area contributed by atoms with Crippen LogP contribution in [-0.2, 0) is 18.0 Å². The third kappa shape index (κ3) is 3.79. The Morgan fingerprint density at radius 2 is 1.92 bits per heavy atom. The largest absolute Gasteiger partial charge is 0.491 e. The molecule has 4 nitrogen and oxygen atoms in total. The maximum atomic E-state index is 6.32. The topological polar surface area (TPSA) is 40.6 Å². The lowest BCUT2D eigenvalue weighted by atomic mass is 9.98. The van der Waals surface area contributed by atoms with E-state index in [1.807, 2.05) is 24.3 Å². The van der Waals surface area contributed by atoms with Crippen molar-refractivity contribution in [3.63, 3.8) is 0 Å². The molecule has 132 valence electrons. The minimum atomic E-state index is 0.327. The predicted molar refractivity (Wildman–Crippen MR) is 95.6 cm³/mol. The van der Waals surface area contributed by atoms with Gasteiger partial charge in [-0.15, -0.1) is 0 Å². The average molecular weight is 339 g/mol. The van der Waals surface area contributed by atoms with Crippen molar-refractivity contribution in [3.05, 3.63) is 53.9 Å². The minimum absolute atomic E-state index is 0.327. The van der Waals surface area contributed by atoms with E-state index in [1.54, 1.807) is 13.3 Å². The number of methoxy groups -OCH3 is 1. The zero-order valence-electron chi connectivity index (χ0n) is 14.7. The maximum Gasteiger partial charge on any atom is 0.179 e. The van der Waals surface area contributed by atoms with E-state index in [-0.39, 0.29) is 0 Å². The van der Waals surface area contributed by atoms with Crippen LogP contribution >= 0.6 is 0 Å². The molecule has 0 spiro atoms. The molecule has 2 aromatic rings. The molecule has 2 aliphatic rings.